The number of carbonyl (C=O) groups is 3. The van der Waals surface area contributed by atoms with Gasteiger partial charge in [0.2, 0.25) is 11.9 Å². The van der Waals surface area contributed by atoms with E-state index < -0.39 is 6.09 Å². The molecule has 9 nitrogen and oxygen atoms in total. The highest BCUT2D eigenvalue weighted by Crippen LogP contribution is 2.40. The second-order valence-corrected chi connectivity index (χ2v) is 11.5. The standard InChI is InChI=1S/C28H35N5O4S/c1-3-37-28(36)33-27(30-19-10-4-16(2)5-11-19)31-20-12-13-22-21(14-20)23(25(35)29-15-17-6-7-17)26(38-22)32-24(34)18-8-9-18/h4-5,10-11,17-18,20H,3,6-9,12-15H2,1-2H3,(H,29,35)(H,32,34)(H2,30,31,33,36). The van der Waals surface area contributed by atoms with Crippen molar-refractivity contribution in [3.8, 4) is 0 Å². The molecule has 2 aromatic rings. The number of anilines is 2. The fraction of sp³-hybridized carbons (Fsp3) is 0.500. The number of rotatable bonds is 8. The molecule has 3 aliphatic rings. The summed E-state index contributed by atoms with van der Waals surface area (Å²) < 4.78 is 5.04. The zero-order valence-electron chi connectivity index (χ0n) is 21.9. The number of aliphatic imine (C=N–C) groups is 1. The van der Waals surface area contributed by atoms with E-state index in [9.17, 15) is 14.4 Å². The molecule has 0 bridgehead atoms. The molecule has 4 N–H and O–H groups in total. The largest absolute Gasteiger partial charge is 0.448 e. The number of thiophene rings is 1. The lowest BCUT2D eigenvalue weighted by atomic mass is 9.91. The first-order valence-corrected chi connectivity index (χ1v) is 14.3. The van der Waals surface area contributed by atoms with E-state index in [1.54, 1.807) is 6.92 Å². The van der Waals surface area contributed by atoms with Crippen LogP contribution in [0.5, 0.6) is 0 Å². The van der Waals surface area contributed by atoms with Crippen LogP contribution in [0.1, 0.15) is 65.4 Å². The number of guanidine groups is 1. The summed E-state index contributed by atoms with van der Waals surface area (Å²) in [6, 6.07) is 7.74. The van der Waals surface area contributed by atoms with Gasteiger partial charge in [-0.15, -0.1) is 16.3 Å². The Labute approximate surface area is 226 Å². The Bertz CT molecular complexity index is 1230. The number of hydrogen-bond acceptors (Lipinski definition) is 5. The van der Waals surface area contributed by atoms with Crippen LogP contribution in [0.15, 0.2) is 29.3 Å². The van der Waals surface area contributed by atoms with Gasteiger partial charge in [-0.1, -0.05) is 17.7 Å². The fourth-order valence-electron chi connectivity index (χ4n) is 4.55. The molecule has 2 saturated carbocycles. The van der Waals surface area contributed by atoms with E-state index >= 15 is 0 Å². The Morgan fingerprint density at radius 2 is 1.82 bits per heavy atom. The number of hydrogen-bond donors (Lipinski definition) is 4. The zero-order valence-corrected chi connectivity index (χ0v) is 22.7. The number of aryl methyl sites for hydroxylation is 2. The number of nitrogens with zero attached hydrogens (tertiary/aromatic N) is 1. The summed E-state index contributed by atoms with van der Waals surface area (Å²) in [4.78, 5) is 43.4. The second kappa shape index (κ2) is 11.6. The zero-order chi connectivity index (χ0) is 26.6. The molecule has 0 saturated heterocycles. The van der Waals surface area contributed by atoms with Crippen LogP contribution >= 0.6 is 11.3 Å². The first kappa shape index (κ1) is 26.2. The number of ether oxygens (including phenoxy) is 1. The predicted molar refractivity (Wildman–Crippen MR) is 149 cm³/mol. The second-order valence-electron chi connectivity index (χ2n) is 10.4. The average molecular weight is 538 g/mol. The number of carbonyl (C=O) groups excluding carboxylic acids is 3. The van der Waals surface area contributed by atoms with Crippen LogP contribution < -0.4 is 21.3 Å². The molecule has 202 valence electrons. The molecule has 1 atom stereocenters. The van der Waals surface area contributed by atoms with E-state index in [0.717, 1.165) is 60.2 Å². The van der Waals surface area contributed by atoms with Gasteiger partial charge in [0.1, 0.15) is 5.00 Å². The van der Waals surface area contributed by atoms with Gasteiger partial charge in [0, 0.05) is 29.1 Å². The Kier molecular flexibility index (Phi) is 7.97. The van der Waals surface area contributed by atoms with Crippen molar-refractivity contribution in [1.82, 2.24) is 10.6 Å². The third-order valence-electron chi connectivity index (χ3n) is 7.05. The van der Waals surface area contributed by atoms with Crippen LogP contribution in [0, 0.1) is 18.8 Å². The molecule has 1 aromatic heterocycles. The maximum Gasteiger partial charge on any atom is 0.436 e. The smallest absolute Gasteiger partial charge is 0.436 e. The van der Waals surface area contributed by atoms with Crippen LogP contribution in [-0.4, -0.2) is 43.1 Å². The van der Waals surface area contributed by atoms with Gasteiger partial charge in [-0.3, -0.25) is 9.59 Å². The molecule has 0 radical (unpaired) electrons. The highest BCUT2D eigenvalue weighted by molar-refractivity contribution is 7.17. The van der Waals surface area contributed by atoms with Crippen molar-refractivity contribution >= 4 is 45.9 Å². The first-order chi connectivity index (χ1) is 18.4. The Balaban J connectivity index is 1.35. The number of benzene rings is 1. The maximum absolute atomic E-state index is 13.3. The number of amides is 3. The molecule has 1 unspecified atom stereocenters. The summed E-state index contributed by atoms with van der Waals surface area (Å²) >= 11 is 1.52. The third-order valence-corrected chi connectivity index (χ3v) is 8.25. The molecule has 38 heavy (non-hydrogen) atoms. The van der Waals surface area contributed by atoms with Gasteiger partial charge in [0.25, 0.3) is 5.91 Å². The normalized spacial score (nSPS) is 18.8. The van der Waals surface area contributed by atoms with Crippen molar-refractivity contribution in [2.45, 2.75) is 64.8 Å². The highest BCUT2D eigenvalue weighted by Gasteiger charge is 2.34. The topological polar surface area (TPSA) is 121 Å². The van der Waals surface area contributed by atoms with Crippen molar-refractivity contribution < 1.29 is 19.1 Å². The van der Waals surface area contributed by atoms with E-state index in [1.165, 1.54) is 11.3 Å². The fourth-order valence-corrected chi connectivity index (χ4v) is 5.80. The molecule has 5 rings (SSSR count). The monoisotopic (exact) mass is 537 g/mol. The van der Waals surface area contributed by atoms with Crippen molar-refractivity contribution in [3.63, 3.8) is 0 Å². The molecule has 2 fully saturated rings. The van der Waals surface area contributed by atoms with Crippen LogP contribution in [0.4, 0.5) is 15.5 Å². The summed E-state index contributed by atoms with van der Waals surface area (Å²) in [5.74, 6) is 0.792. The van der Waals surface area contributed by atoms with Gasteiger partial charge in [0.05, 0.1) is 12.2 Å². The van der Waals surface area contributed by atoms with E-state index in [0.29, 0.717) is 35.4 Å². The molecule has 0 aliphatic heterocycles. The molecule has 3 aliphatic carbocycles. The first-order valence-electron chi connectivity index (χ1n) is 13.5. The summed E-state index contributed by atoms with van der Waals surface area (Å²) in [6.45, 7) is 4.65. The summed E-state index contributed by atoms with van der Waals surface area (Å²) in [6.07, 6.45) is 5.57. The Morgan fingerprint density at radius 1 is 1.05 bits per heavy atom. The van der Waals surface area contributed by atoms with Gasteiger partial charge in [-0.2, -0.15) is 0 Å². The minimum Gasteiger partial charge on any atom is -0.448 e. The Hall–Kier alpha value is -3.40. The quantitative estimate of drug-likeness (QED) is 0.288. The van der Waals surface area contributed by atoms with Crippen LogP contribution in [0.2, 0.25) is 0 Å². The SMILES string of the molecule is CCOC(=O)N=C(Nc1ccc(C)cc1)NC1CCc2sc(NC(=O)C3CC3)c(C(=O)NCC3CC3)c2C1. The highest BCUT2D eigenvalue weighted by atomic mass is 32.1. The van der Waals surface area contributed by atoms with E-state index in [1.807, 2.05) is 31.2 Å². The summed E-state index contributed by atoms with van der Waals surface area (Å²) in [5.41, 5.74) is 3.47. The summed E-state index contributed by atoms with van der Waals surface area (Å²) in [5, 5.41) is 13.4. The average Bonchev–Trinajstić information content (AvgIpc) is 3.81. The van der Waals surface area contributed by atoms with E-state index in [-0.39, 0.29) is 30.4 Å². The lowest BCUT2D eigenvalue weighted by Gasteiger charge is -2.26. The van der Waals surface area contributed by atoms with Crippen molar-refractivity contribution in [3.05, 3.63) is 45.8 Å². The van der Waals surface area contributed by atoms with Gasteiger partial charge in [-0.05, 0) is 82.4 Å². The molecular formula is C28H35N5O4S. The van der Waals surface area contributed by atoms with Crippen LogP contribution in [0.25, 0.3) is 0 Å². The molecule has 1 aromatic carbocycles. The number of nitrogens with one attached hydrogen (secondary N) is 4. The number of fused-ring (bicyclic) bond motifs is 1. The molecular weight excluding hydrogens is 502 g/mol. The lowest BCUT2D eigenvalue weighted by molar-refractivity contribution is -0.117. The lowest BCUT2D eigenvalue weighted by Crippen LogP contribution is -2.43. The van der Waals surface area contributed by atoms with E-state index in [2.05, 4.69) is 26.3 Å². The predicted octanol–water partition coefficient (Wildman–Crippen LogP) is 4.62. The van der Waals surface area contributed by atoms with Crippen LogP contribution in [0.3, 0.4) is 0 Å². The minimum absolute atomic E-state index is 0.000619. The van der Waals surface area contributed by atoms with E-state index in [4.69, 9.17) is 4.74 Å². The Morgan fingerprint density at radius 3 is 2.50 bits per heavy atom. The van der Waals surface area contributed by atoms with Gasteiger partial charge in [-0.25, -0.2) is 4.79 Å². The van der Waals surface area contributed by atoms with Crippen LogP contribution in [-0.2, 0) is 22.4 Å². The molecule has 1 heterocycles. The molecule has 0 spiro atoms. The van der Waals surface area contributed by atoms with Gasteiger partial charge in [0.15, 0.2) is 0 Å². The summed E-state index contributed by atoms with van der Waals surface area (Å²) in [7, 11) is 0. The van der Waals surface area contributed by atoms with Gasteiger partial charge < -0.3 is 26.0 Å². The third kappa shape index (κ3) is 6.72. The van der Waals surface area contributed by atoms with Crippen molar-refractivity contribution in [2.24, 2.45) is 16.8 Å². The minimum atomic E-state index is -0.674. The molecule has 3 amide bonds. The van der Waals surface area contributed by atoms with Crippen molar-refractivity contribution in [2.75, 3.05) is 23.8 Å². The van der Waals surface area contributed by atoms with Crippen molar-refractivity contribution in [1.29, 1.82) is 0 Å². The maximum atomic E-state index is 13.3. The van der Waals surface area contributed by atoms with Gasteiger partial charge >= 0.3 is 6.09 Å². The molecule has 10 heteroatoms.